The quantitative estimate of drug-likeness (QED) is 0.881. The Balaban J connectivity index is 1.89. The lowest BCUT2D eigenvalue weighted by Gasteiger charge is -2.15. The summed E-state index contributed by atoms with van der Waals surface area (Å²) < 4.78 is 40.4. The highest BCUT2D eigenvalue weighted by Gasteiger charge is 2.44. The van der Waals surface area contributed by atoms with E-state index < -0.39 is 17.6 Å². The summed E-state index contributed by atoms with van der Waals surface area (Å²) in [7, 11) is 0. The lowest BCUT2D eigenvalue weighted by atomic mass is 9.96. The first-order valence-corrected chi connectivity index (χ1v) is 7.64. The number of rotatable bonds is 5. The number of amides is 1. The highest BCUT2D eigenvalue weighted by Crippen LogP contribution is 2.47. The van der Waals surface area contributed by atoms with Gasteiger partial charge in [-0.3, -0.25) is 4.79 Å². The van der Waals surface area contributed by atoms with Crippen molar-refractivity contribution in [2.75, 3.05) is 6.54 Å². The molecule has 6 heteroatoms. The van der Waals surface area contributed by atoms with Gasteiger partial charge < -0.3 is 11.1 Å². The van der Waals surface area contributed by atoms with Gasteiger partial charge in [0.25, 0.3) is 0 Å². The van der Waals surface area contributed by atoms with Crippen molar-refractivity contribution in [1.82, 2.24) is 5.32 Å². The Labute approximate surface area is 137 Å². The molecule has 1 aliphatic carbocycles. The topological polar surface area (TPSA) is 55.1 Å². The summed E-state index contributed by atoms with van der Waals surface area (Å²) in [6, 6.07) is 13.3. The number of primary amides is 1. The van der Waals surface area contributed by atoms with Crippen LogP contribution in [0, 0.1) is 0 Å². The fourth-order valence-electron chi connectivity index (χ4n) is 2.93. The molecule has 1 saturated carbocycles. The second-order valence-electron chi connectivity index (χ2n) is 5.96. The molecule has 2 aromatic rings. The Morgan fingerprint density at radius 2 is 1.83 bits per heavy atom. The van der Waals surface area contributed by atoms with E-state index in [-0.39, 0.29) is 24.1 Å². The van der Waals surface area contributed by atoms with Crippen LogP contribution in [0.5, 0.6) is 0 Å². The molecule has 1 fully saturated rings. The van der Waals surface area contributed by atoms with Gasteiger partial charge >= 0.3 is 6.18 Å². The van der Waals surface area contributed by atoms with Crippen molar-refractivity contribution in [2.24, 2.45) is 5.73 Å². The van der Waals surface area contributed by atoms with Gasteiger partial charge in [0.2, 0.25) is 5.91 Å². The van der Waals surface area contributed by atoms with E-state index in [4.69, 9.17) is 5.73 Å². The molecular weight excluding hydrogens is 317 g/mol. The van der Waals surface area contributed by atoms with Gasteiger partial charge in [-0.25, -0.2) is 0 Å². The molecule has 2 atom stereocenters. The molecule has 1 aliphatic rings. The summed E-state index contributed by atoms with van der Waals surface area (Å²) in [6.45, 7) is -0.0232. The third kappa shape index (κ3) is 3.59. The number of hydrogen-bond acceptors (Lipinski definition) is 2. The molecule has 3 rings (SSSR count). The van der Waals surface area contributed by atoms with Gasteiger partial charge in [-0.05, 0) is 29.2 Å². The third-order valence-electron chi connectivity index (χ3n) is 4.19. The Morgan fingerprint density at radius 3 is 2.46 bits per heavy atom. The predicted octanol–water partition coefficient (Wildman–Crippen LogP) is 3.30. The van der Waals surface area contributed by atoms with Crippen LogP contribution in [0.25, 0.3) is 11.1 Å². The summed E-state index contributed by atoms with van der Waals surface area (Å²) in [5.74, 6) is -0.762. The van der Waals surface area contributed by atoms with Crippen LogP contribution in [-0.2, 0) is 11.0 Å². The smallest absolute Gasteiger partial charge is 0.369 e. The monoisotopic (exact) mass is 334 g/mol. The summed E-state index contributed by atoms with van der Waals surface area (Å²) in [5, 5.41) is 2.89. The molecule has 0 aromatic heterocycles. The molecule has 0 radical (unpaired) electrons. The Hall–Kier alpha value is -2.34. The van der Waals surface area contributed by atoms with Crippen LogP contribution in [0.3, 0.4) is 0 Å². The molecule has 126 valence electrons. The van der Waals surface area contributed by atoms with E-state index in [0.717, 1.165) is 5.56 Å². The first-order valence-electron chi connectivity index (χ1n) is 7.64. The van der Waals surface area contributed by atoms with Crippen molar-refractivity contribution in [3.05, 3.63) is 59.7 Å². The van der Waals surface area contributed by atoms with Crippen molar-refractivity contribution in [1.29, 1.82) is 0 Å². The molecule has 2 unspecified atom stereocenters. The average Bonchev–Trinajstić information content (AvgIpc) is 3.32. The van der Waals surface area contributed by atoms with E-state index in [1.165, 1.54) is 6.07 Å². The molecule has 3 nitrogen and oxygen atoms in total. The highest BCUT2D eigenvalue weighted by atomic mass is 19.4. The van der Waals surface area contributed by atoms with Gasteiger partial charge in [-0.2, -0.15) is 13.2 Å². The van der Waals surface area contributed by atoms with Crippen molar-refractivity contribution in [3.63, 3.8) is 0 Å². The molecule has 0 spiro atoms. The largest absolute Gasteiger partial charge is 0.416 e. The minimum atomic E-state index is -4.42. The second kappa shape index (κ2) is 6.28. The second-order valence-corrected chi connectivity index (χ2v) is 5.96. The molecule has 0 aliphatic heterocycles. The summed E-state index contributed by atoms with van der Waals surface area (Å²) in [5.41, 5.74) is 5.99. The number of halogens is 3. The predicted molar refractivity (Wildman–Crippen MR) is 85.2 cm³/mol. The molecule has 2 aromatic carbocycles. The minimum absolute atomic E-state index is 0.0232. The zero-order chi connectivity index (χ0) is 17.3. The zero-order valence-corrected chi connectivity index (χ0v) is 12.8. The Bertz CT molecular complexity index is 744. The van der Waals surface area contributed by atoms with E-state index in [9.17, 15) is 18.0 Å². The number of hydrogen-bond donors (Lipinski definition) is 2. The first kappa shape index (κ1) is 16.5. The normalized spacial score (nSPS) is 20.0. The lowest BCUT2D eigenvalue weighted by molar-refractivity contribution is -0.138. The van der Waals surface area contributed by atoms with Crippen LogP contribution in [0.2, 0.25) is 0 Å². The average molecular weight is 334 g/mol. The summed E-state index contributed by atoms with van der Waals surface area (Å²) >= 11 is 0. The highest BCUT2D eigenvalue weighted by molar-refractivity contribution is 5.76. The number of benzene rings is 2. The number of nitrogens with one attached hydrogen (secondary N) is 1. The van der Waals surface area contributed by atoms with Gasteiger partial charge in [-0.1, -0.05) is 42.5 Å². The molecule has 0 saturated heterocycles. The van der Waals surface area contributed by atoms with E-state index in [2.05, 4.69) is 5.32 Å². The molecule has 24 heavy (non-hydrogen) atoms. The van der Waals surface area contributed by atoms with Gasteiger partial charge in [0.05, 0.1) is 12.1 Å². The molecule has 0 bridgehead atoms. The van der Waals surface area contributed by atoms with Gasteiger partial charge in [0.1, 0.15) is 0 Å². The van der Waals surface area contributed by atoms with Crippen molar-refractivity contribution < 1.29 is 18.0 Å². The van der Waals surface area contributed by atoms with E-state index in [1.54, 1.807) is 36.4 Å². The van der Waals surface area contributed by atoms with Gasteiger partial charge in [-0.15, -0.1) is 0 Å². The van der Waals surface area contributed by atoms with Crippen LogP contribution >= 0.6 is 0 Å². The maximum atomic E-state index is 13.5. The Kier molecular flexibility index (Phi) is 4.32. The zero-order valence-electron chi connectivity index (χ0n) is 12.8. The number of carbonyl (C=O) groups excluding carboxylic acids is 1. The van der Waals surface area contributed by atoms with E-state index in [0.29, 0.717) is 12.0 Å². The van der Waals surface area contributed by atoms with Crippen molar-refractivity contribution in [2.45, 2.75) is 24.6 Å². The van der Waals surface area contributed by atoms with Crippen LogP contribution in [-0.4, -0.2) is 18.5 Å². The number of carbonyl (C=O) groups is 1. The van der Waals surface area contributed by atoms with Gasteiger partial charge in [0.15, 0.2) is 0 Å². The lowest BCUT2D eigenvalue weighted by Crippen LogP contribution is -2.30. The third-order valence-corrected chi connectivity index (χ3v) is 4.19. The standard InChI is InChI=1S/C18H17F3N2O/c19-18(20,21)15-8-12(11-4-2-1-3-5-11)6-7-13(15)14-9-16(14)23-10-17(22)24/h1-8,14,16,23H,9-10H2,(H2,22,24). The Morgan fingerprint density at radius 1 is 1.12 bits per heavy atom. The van der Waals surface area contributed by atoms with Gasteiger partial charge in [0, 0.05) is 12.0 Å². The van der Waals surface area contributed by atoms with Crippen molar-refractivity contribution >= 4 is 5.91 Å². The fourth-order valence-corrected chi connectivity index (χ4v) is 2.93. The van der Waals surface area contributed by atoms with Crippen molar-refractivity contribution in [3.8, 4) is 11.1 Å². The van der Waals surface area contributed by atoms with Crippen LogP contribution < -0.4 is 11.1 Å². The number of nitrogens with two attached hydrogens (primary N) is 1. The SMILES string of the molecule is NC(=O)CNC1CC1c1ccc(-c2ccccc2)cc1C(F)(F)F. The van der Waals surface area contributed by atoms with Crippen LogP contribution in [0.15, 0.2) is 48.5 Å². The minimum Gasteiger partial charge on any atom is -0.369 e. The van der Waals surface area contributed by atoms with E-state index >= 15 is 0 Å². The van der Waals surface area contributed by atoms with E-state index in [1.807, 2.05) is 6.07 Å². The molecule has 0 heterocycles. The fraction of sp³-hybridized carbons (Fsp3) is 0.278. The van der Waals surface area contributed by atoms with Crippen LogP contribution in [0.1, 0.15) is 23.5 Å². The molecule has 3 N–H and O–H groups in total. The molecular formula is C18H17F3N2O. The maximum Gasteiger partial charge on any atom is 0.416 e. The summed E-state index contributed by atoms with van der Waals surface area (Å²) in [6.07, 6.45) is -3.85. The maximum absolute atomic E-state index is 13.5. The first-order chi connectivity index (χ1) is 11.4. The van der Waals surface area contributed by atoms with Crippen LogP contribution in [0.4, 0.5) is 13.2 Å². The number of alkyl halides is 3. The molecule has 1 amide bonds. The summed E-state index contributed by atoms with van der Waals surface area (Å²) in [4.78, 5) is 10.8.